The van der Waals surface area contributed by atoms with Gasteiger partial charge in [0.05, 0.1) is 21.3 Å². The Morgan fingerprint density at radius 2 is 2.05 bits per heavy atom. The molecule has 2 saturated heterocycles. The van der Waals surface area contributed by atoms with Gasteiger partial charge in [-0.1, -0.05) is 11.6 Å². The maximum atomic E-state index is 15.5. The van der Waals surface area contributed by atoms with Gasteiger partial charge in [0.2, 0.25) is 6.54 Å². The van der Waals surface area contributed by atoms with Gasteiger partial charge in [-0.05, 0) is 69.7 Å². The van der Waals surface area contributed by atoms with Crippen LogP contribution in [-0.4, -0.2) is 88.4 Å². The Hall–Kier alpha value is -2.68. The Labute approximate surface area is 240 Å². The molecule has 0 spiro atoms. The number of benzene rings is 1. The van der Waals surface area contributed by atoms with E-state index in [1.54, 1.807) is 17.3 Å². The molecule has 2 atom stereocenters. The van der Waals surface area contributed by atoms with Crippen LogP contribution in [0.15, 0.2) is 16.9 Å². The quantitative estimate of drug-likeness (QED) is 0.273. The van der Waals surface area contributed by atoms with Crippen molar-refractivity contribution in [3.8, 4) is 0 Å². The van der Waals surface area contributed by atoms with Crippen LogP contribution in [0, 0.1) is 12.4 Å². The summed E-state index contributed by atoms with van der Waals surface area (Å²) in [6.07, 6.45) is 2.55. The third-order valence-electron chi connectivity index (χ3n) is 7.52. The molecule has 0 saturated carbocycles. The minimum Gasteiger partial charge on any atom is -0.444 e. The van der Waals surface area contributed by atoms with E-state index < -0.39 is 17.5 Å². The third kappa shape index (κ3) is 5.14. The van der Waals surface area contributed by atoms with Gasteiger partial charge in [-0.2, -0.15) is 0 Å². The zero-order valence-electron chi connectivity index (χ0n) is 22.7. The molecule has 0 unspecified atom stereocenters. The number of rotatable bonds is 4. The average Bonchev–Trinajstić information content (AvgIpc) is 3.27. The lowest BCUT2D eigenvalue weighted by molar-refractivity contribution is 0.00765. The van der Waals surface area contributed by atoms with Gasteiger partial charge in [0.1, 0.15) is 22.7 Å². The lowest BCUT2D eigenvalue weighted by atomic mass is 9.96. The summed E-state index contributed by atoms with van der Waals surface area (Å²) in [7, 11) is 4.09. The molecular weight excluding hydrogens is 589 g/mol. The molecule has 2 aliphatic rings. The Kier molecular flexibility index (Phi) is 7.42. The Morgan fingerprint density at radius 1 is 1.33 bits per heavy atom. The maximum absolute atomic E-state index is 15.5. The third-order valence-corrected chi connectivity index (χ3v) is 8.82. The highest BCUT2D eigenvalue weighted by Gasteiger charge is 2.38. The van der Waals surface area contributed by atoms with E-state index in [0.29, 0.717) is 42.1 Å². The molecule has 2 fully saturated rings. The molecule has 3 aromatic rings. The average molecular weight is 621 g/mol. The summed E-state index contributed by atoms with van der Waals surface area (Å²) >= 11 is 9.68. The summed E-state index contributed by atoms with van der Waals surface area (Å²) in [5, 5.41) is 0.837. The highest BCUT2D eigenvalue weighted by atomic mass is 79.9. The van der Waals surface area contributed by atoms with Crippen molar-refractivity contribution in [1.29, 1.82) is 0 Å². The minimum atomic E-state index is -0.625. The first-order chi connectivity index (χ1) is 18.4. The number of nitrogens with zero attached hydrogens (tertiary/aromatic N) is 7. The first kappa shape index (κ1) is 27.9. The number of carbonyl (C=O) groups is 1. The van der Waals surface area contributed by atoms with Crippen molar-refractivity contribution >= 4 is 61.4 Å². The van der Waals surface area contributed by atoms with Crippen molar-refractivity contribution < 1.29 is 13.9 Å². The smallest absolute Gasteiger partial charge is 0.410 e. The molecule has 0 aliphatic carbocycles. The van der Waals surface area contributed by atoms with Crippen molar-refractivity contribution in [1.82, 2.24) is 24.3 Å². The zero-order valence-corrected chi connectivity index (χ0v) is 25.1. The van der Waals surface area contributed by atoms with Crippen molar-refractivity contribution in [3.05, 3.63) is 39.1 Å². The van der Waals surface area contributed by atoms with Crippen LogP contribution in [-0.2, 0) is 4.74 Å². The zero-order chi connectivity index (χ0) is 28.2. The lowest BCUT2D eigenvalue weighted by Crippen LogP contribution is -2.57. The van der Waals surface area contributed by atoms with Gasteiger partial charge in [0.25, 0.3) is 0 Å². The number of anilines is 1. The second-order valence-corrected chi connectivity index (χ2v) is 12.7. The van der Waals surface area contributed by atoms with Crippen LogP contribution < -0.4 is 4.90 Å². The first-order valence-electron chi connectivity index (χ1n) is 13.0. The van der Waals surface area contributed by atoms with Crippen LogP contribution in [0.2, 0.25) is 5.02 Å². The SMILES string of the molecule is [C-]#[N+]C[C@@H]1C[C@@H](n2cnc3c(N4CC(N(C)C)C4)nc4c(F)c(Br)c(Cl)cc4c32)CCN1C(=O)OC(C)(C)C. The van der Waals surface area contributed by atoms with Gasteiger partial charge >= 0.3 is 6.09 Å². The van der Waals surface area contributed by atoms with E-state index in [4.69, 9.17) is 32.9 Å². The number of amides is 1. The van der Waals surface area contributed by atoms with Crippen molar-refractivity contribution in [2.24, 2.45) is 0 Å². The van der Waals surface area contributed by atoms with Crippen LogP contribution in [0.3, 0.4) is 0 Å². The highest BCUT2D eigenvalue weighted by Crippen LogP contribution is 2.41. The number of ether oxygens (including phenoxy) is 1. The van der Waals surface area contributed by atoms with Gasteiger partial charge in [-0.25, -0.2) is 25.7 Å². The fourth-order valence-corrected chi connectivity index (χ4v) is 5.89. The normalized spacial score (nSPS) is 20.5. The van der Waals surface area contributed by atoms with Gasteiger partial charge in [0.15, 0.2) is 11.6 Å². The number of piperidine rings is 1. The Morgan fingerprint density at radius 3 is 2.69 bits per heavy atom. The van der Waals surface area contributed by atoms with Crippen molar-refractivity contribution in [2.45, 2.75) is 57.3 Å². The van der Waals surface area contributed by atoms with E-state index in [1.807, 2.05) is 34.9 Å². The first-order valence-corrected chi connectivity index (χ1v) is 14.1. The number of fused-ring (bicyclic) bond motifs is 3. The van der Waals surface area contributed by atoms with Crippen molar-refractivity contribution in [3.63, 3.8) is 0 Å². The Bertz CT molecular complexity index is 1480. The molecule has 0 radical (unpaired) electrons. The monoisotopic (exact) mass is 619 g/mol. The molecule has 12 heteroatoms. The van der Waals surface area contributed by atoms with Gasteiger partial charge < -0.3 is 23.9 Å². The number of carbonyl (C=O) groups excluding carboxylic acids is 1. The van der Waals surface area contributed by atoms with Crippen LogP contribution >= 0.6 is 27.5 Å². The molecule has 2 aromatic heterocycles. The summed E-state index contributed by atoms with van der Waals surface area (Å²) in [6, 6.07) is 1.74. The highest BCUT2D eigenvalue weighted by molar-refractivity contribution is 9.10. The van der Waals surface area contributed by atoms with E-state index >= 15 is 4.39 Å². The van der Waals surface area contributed by atoms with Gasteiger partial charge in [-0.3, -0.25) is 4.90 Å². The summed E-state index contributed by atoms with van der Waals surface area (Å²) in [4.78, 5) is 32.0. The second kappa shape index (κ2) is 10.4. The largest absolute Gasteiger partial charge is 0.444 e. The van der Waals surface area contributed by atoms with E-state index in [-0.39, 0.29) is 33.6 Å². The number of aromatic nitrogens is 3. The summed E-state index contributed by atoms with van der Waals surface area (Å²) in [6.45, 7) is 15.1. The molecule has 39 heavy (non-hydrogen) atoms. The van der Waals surface area contributed by atoms with Crippen LogP contribution in [0.25, 0.3) is 26.8 Å². The summed E-state index contributed by atoms with van der Waals surface area (Å²) < 4.78 is 23.4. The van der Waals surface area contributed by atoms with E-state index in [9.17, 15) is 4.79 Å². The number of imidazole rings is 1. The molecule has 0 N–H and O–H groups in total. The molecule has 2 aliphatic heterocycles. The standard InChI is InChI=1S/C27H32BrClFN7O2/c1-27(2,3)39-26(38)36-8-7-15(9-16(36)11-31-4)37-14-32-23-24(37)18-10-19(29)20(28)21(30)22(18)33-25(23)35-12-17(13-35)34(5)6/h10,14-17H,7-9,11-13H2,1-3,5-6H3/t15-,16-/m0/s1. The van der Waals surface area contributed by atoms with E-state index in [1.165, 1.54) is 0 Å². The molecule has 1 amide bonds. The molecule has 9 nitrogen and oxygen atoms in total. The predicted molar refractivity (Wildman–Crippen MR) is 154 cm³/mol. The van der Waals surface area contributed by atoms with Crippen LogP contribution in [0.5, 0.6) is 0 Å². The van der Waals surface area contributed by atoms with E-state index in [0.717, 1.165) is 18.6 Å². The van der Waals surface area contributed by atoms with Gasteiger partial charge in [0, 0.05) is 37.1 Å². The number of halogens is 3. The molecule has 4 heterocycles. The number of likely N-dealkylation sites (N-methyl/N-ethyl adjacent to an activating group) is 1. The van der Waals surface area contributed by atoms with Crippen LogP contribution in [0.4, 0.5) is 15.0 Å². The number of likely N-dealkylation sites (tertiary alicyclic amines) is 1. The van der Waals surface area contributed by atoms with E-state index in [2.05, 4.69) is 35.1 Å². The summed E-state index contributed by atoms with van der Waals surface area (Å²) in [5.74, 6) is 0.134. The fourth-order valence-electron chi connectivity index (χ4n) is 5.40. The number of hydrogen-bond donors (Lipinski definition) is 0. The minimum absolute atomic E-state index is 0.0599. The lowest BCUT2D eigenvalue weighted by Gasteiger charge is -2.43. The second-order valence-electron chi connectivity index (χ2n) is 11.5. The number of pyridine rings is 1. The summed E-state index contributed by atoms with van der Waals surface area (Å²) in [5.41, 5.74) is 1.05. The topological polar surface area (TPSA) is 71.1 Å². The molecule has 1 aromatic carbocycles. The predicted octanol–water partition coefficient (Wildman–Crippen LogP) is 5.75. The van der Waals surface area contributed by atoms with Crippen LogP contribution in [0.1, 0.15) is 39.7 Å². The maximum Gasteiger partial charge on any atom is 0.410 e. The molecule has 208 valence electrons. The number of hydrogen-bond acceptors (Lipinski definition) is 6. The van der Waals surface area contributed by atoms with Gasteiger partial charge in [-0.15, -0.1) is 0 Å². The molecular formula is C27H32BrClFN7O2. The fraction of sp³-hybridized carbons (Fsp3) is 0.556. The molecule has 5 rings (SSSR count). The Balaban J connectivity index is 1.58. The molecule has 0 bridgehead atoms. The van der Waals surface area contributed by atoms with Crippen molar-refractivity contribution in [2.75, 3.05) is 45.2 Å².